The first-order chi connectivity index (χ1) is 7.71. The molecule has 16 heavy (non-hydrogen) atoms. The van der Waals surface area contributed by atoms with Crippen LogP contribution in [0, 0.1) is 0 Å². The number of amides is 1. The van der Waals surface area contributed by atoms with Crippen LogP contribution in [0.15, 0.2) is 18.3 Å². The van der Waals surface area contributed by atoms with Crippen LogP contribution in [-0.2, 0) is 9.53 Å². The standard InChI is InChI=1S/C10H15N3O3/c1-15-8(5-11)10(14)13-7-3-4-9(16-2)12-6-7/h3-4,6,8H,5,11H2,1-2H3,(H,13,14). The quantitative estimate of drug-likeness (QED) is 0.736. The van der Waals surface area contributed by atoms with Crippen molar-refractivity contribution in [2.75, 3.05) is 26.1 Å². The monoisotopic (exact) mass is 225 g/mol. The zero-order chi connectivity index (χ0) is 12.0. The highest BCUT2D eigenvalue weighted by Gasteiger charge is 2.15. The minimum atomic E-state index is -0.651. The second-order valence-electron chi connectivity index (χ2n) is 3.04. The van der Waals surface area contributed by atoms with Crippen molar-refractivity contribution in [3.8, 4) is 5.88 Å². The Hall–Kier alpha value is -1.66. The van der Waals surface area contributed by atoms with E-state index in [0.717, 1.165) is 0 Å². The van der Waals surface area contributed by atoms with Gasteiger partial charge in [-0.05, 0) is 6.07 Å². The summed E-state index contributed by atoms with van der Waals surface area (Å²) in [7, 11) is 2.96. The summed E-state index contributed by atoms with van der Waals surface area (Å²) in [4.78, 5) is 15.5. The Labute approximate surface area is 93.8 Å². The number of rotatable bonds is 5. The number of hydrogen-bond donors (Lipinski definition) is 2. The number of pyridine rings is 1. The smallest absolute Gasteiger partial charge is 0.254 e. The minimum Gasteiger partial charge on any atom is -0.481 e. The average Bonchev–Trinajstić information content (AvgIpc) is 2.31. The largest absolute Gasteiger partial charge is 0.481 e. The van der Waals surface area contributed by atoms with Gasteiger partial charge in [-0.3, -0.25) is 4.79 Å². The number of carbonyl (C=O) groups is 1. The lowest BCUT2D eigenvalue weighted by Gasteiger charge is -2.12. The molecule has 0 aromatic carbocycles. The van der Waals surface area contributed by atoms with Crippen LogP contribution in [0.2, 0.25) is 0 Å². The van der Waals surface area contributed by atoms with Gasteiger partial charge >= 0.3 is 0 Å². The van der Waals surface area contributed by atoms with Crippen LogP contribution in [0.25, 0.3) is 0 Å². The highest BCUT2D eigenvalue weighted by Crippen LogP contribution is 2.11. The first kappa shape index (κ1) is 12.4. The fraction of sp³-hybridized carbons (Fsp3) is 0.400. The zero-order valence-electron chi connectivity index (χ0n) is 9.27. The summed E-state index contributed by atoms with van der Waals surface area (Å²) in [5.74, 6) is 0.192. The number of nitrogens with two attached hydrogens (primary N) is 1. The molecule has 6 nitrogen and oxygen atoms in total. The predicted octanol–water partition coefficient (Wildman–Crippen LogP) is 0.00240. The third-order valence-electron chi connectivity index (χ3n) is 2.00. The van der Waals surface area contributed by atoms with Crippen molar-refractivity contribution in [1.82, 2.24) is 4.98 Å². The van der Waals surface area contributed by atoms with Crippen LogP contribution in [0.4, 0.5) is 5.69 Å². The molecule has 1 atom stereocenters. The molecule has 1 aromatic heterocycles. The second kappa shape index (κ2) is 6.04. The lowest BCUT2D eigenvalue weighted by Crippen LogP contribution is -2.35. The SMILES string of the molecule is COc1ccc(NC(=O)C(CN)OC)cn1. The third-order valence-corrected chi connectivity index (χ3v) is 2.00. The maximum atomic E-state index is 11.6. The molecule has 0 spiro atoms. The summed E-state index contributed by atoms with van der Waals surface area (Å²) in [5, 5.41) is 2.63. The van der Waals surface area contributed by atoms with Gasteiger partial charge in [0.2, 0.25) is 5.88 Å². The Morgan fingerprint density at radius 2 is 2.31 bits per heavy atom. The molecule has 88 valence electrons. The number of anilines is 1. The Balaban J connectivity index is 2.62. The Morgan fingerprint density at radius 3 is 2.75 bits per heavy atom. The van der Waals surface area contributed by atoms with Crippen LogP contribution in [-0.4, -0.2) is 37.8 Å². The molecule has 0 bridgehead atoms. The summed E-state index contributed by atoms with van der Waals surface area (Å²) in [5.41, 5.74) is 5.93. The first-order valence-electron chi connectivity index (χ1n) is 4.75. The zero-order valence-corrected chi connectivity index (χ0v) is 9.27. The molecule has 1 aromatic rings. The summed E-state index contributed by atoms with van der Waals surface area (Å²) < 4.78 is 9.79. The predicted molar refractivity (Wildman–Crippen MR) is 59.3 cm³/mol. The van der Waals surface area contributed by atoms with Crippen LogP contribution >= 0.6 is 0 Å². The Kier molecular flexibility index (Phi) is 4.68. The maximum Gasteiger partial charge on any atom is 0.254 e. The molecular formula is C10H15N3O3. The molecule has 0 aliphatic rings. The molecule has 1 heterocycles. The highest BCUT2D eigenvalue weighted by atomic mass is 16.5. The summed E-state index contributed by atoms with van der Waals surface area (Å²) in [6.07, 6.45) is 0.849. The van der Waals surface area contributed by atoms with E-state index in [1.807, 2.05) is 0 Å². The third kappa shape index (κ3) is 3.18. The maximum absolute atomic E-state index is 11.6. The molecule has 6 heteroatoms. The number of aromatic nitrogens is 1. The number of hydrogen-bond acceptors (Lipinski definition) is 5. The topological polar surface area (TPSA) is 86.5 Å². The lowest BCUT2D eigenvalue weighted by molar-refractivity contribution is -0.125. The van der Waals surface area contributed by atoms with E-state index in [1.165, 1.54) is 20.4 Å². The van der Waals surface area contributed by atoms with Gasteiger partial charge in [-0.2, -0.15) is 0 Å². The number of ether oxygens (including phenoxy) is 2. The lowest BCUT2D eigenvalue weighted by atomic mass is 10.3. The molecule has 0 saturated heterocycles. The number of carbonyl (C=O) groups excluding carboxylic acids is 1. The van der Waals surface area contributed by atoms with Crippen molar-refractivity contribution >= 4 is 11.6 Å². The molecule has 0 aliphatic carbocycles. The average molecular weight is 225 g/mol. The fourth-order valence-electron chi connectivity index (χ4n) is 1.11. The van der Waals surface area contributed by atoms with Crippen LogP contribution in [0.3, 0.4) is 0 Å². The minimum absolute atomic E-state index is 0.131. The van der Waals surface area contributed by atoms with Crippen LogP contribution < -0.4 is 15.8 Å². The van der Waals surface area contributed by atoms with Crippen molar-refractivity contribution in [3.63, 3.8) is 0 Å². The molecule has 0 saturated carbocycles. The van der Waals surface area contributed by atoms with E-state index in [0.29, 0.717) is 11.6 Å². The molecule has 3 N–H and O–H groups in total. The van der Waals surface area contributed by atoms with Crippen LogP contribution in [0.1, 0.15) is 0 Å². The van der Waals surface area contributed by atoms with Gasteiger partial charge in [0.05, 0.1) is 19.0 Å². The van der Waals surface area contributed by atoms with Gasteiger partial charge < -0.3 is 20.5 Å². The van der Waals surface area contributed by atoms with Crippen molar-refractivity contribution < 1.29 is 14.3 Å². The number of nitrogens with zero attached hydrogens (tertiary/aromatic N) is 1. The molecule has 1 unspecified atom stereocenters. The van der Waals surface area contributed by atoms with Gasteiger partial charge in [0.15, 0.2) is 0 Å². The van der Waals surface area contributed by atoms with Gasteiger partial charge in [0.1, 0.15) is 6.10 Å². The Bertz CT molecular complexity index is 336. The Morgan fingerprint density at radius 1 is 1.56 bits per heavy atom. The van der Waals surface area contributed by atoms with E-state index in [9.17, 15) is 4.79 Å². The van der Waals surface area contributed by atoms with Gasteiger partial charge in [0, 0.05) is 19.7 Å². The van der Waals surface area contributed by atoms with Gasteiger partial charge in [-0.15, -0.1) is 0 Å². The van der Waals surface area contributed by atoms with Crippen molar-refractivity contribution in [2.24, 2.45) is 5.73 Å². The molecule has 0 radical (unpaired) electrons. The van der Waals surface area contributed by atoms with Crippen molar-refractivity contribution in [2.45, 2.75) is 6.10 Å². The first-order valence-corrected chi connectivity index (χ1v) is 4.75. The van der Waals surface area contributed by atoms with E-state index in [2.05, 4.69) is 10.3 Å². The van der Waals surface area contributed by atoms with E-state index < -0.39 is 6.10 Å². The fourth-order valence-corrected chi connectivity index (χ4v) is 1.11. The summed E-state index contributed by atoms with van der Waals surface area (Å²) in [6, 6.07) is 3.34. The van der Waals surface area contributed by atoms with E-state index in [-0.39, 0.29) is 12.5 Å². The van der Waals surface area contributed by atoms with Crippen LogP contribution in [0.5, 0.6) is 5.88 Å². The number of nitrogens with one attached hydrogen (secondary N) is 1. The van der Waals surface area contributed by atoms with Gasteiger partial charge in [0.25, 0.3) is 5.91 Å². The summed E-state index contributed by atoms with van der Waals surface area (Å²) >= 11 is 0. The highest BCUT2D eigenvalue weighted by molar-refractivity contribution is 5.94. The summed E-state index contributed by atoms with van der Waals surface area (Å²) in [6.45, 7) is 0.131. The second-order valence-corrected chi connectivity index (χ2v) is 3.04. The van der Waals surface area contributed by atoms with E-state index in [4.69, 9.17) is 15.2 Å². The van der Waals surface area contributed by atoms with E-state index in [1.54, 1.807) is 12.1 Å². The molecule has 1 amide bonds. The molecule has 0 fully saturated rings. The molecule has 1 rings (SSSR count). The van der Waals surface area contributed by atoms with Gasteiger partial charge in [-0.1, -0.05) is 0 Å². The molecular weight excluding hydrogens is 210 g/mol. The van der Waals surface area contributed by atoms with E-state index >= 15 is 0 Å². The number of methoxy groups -OCH3 is 2. The molecule has 0 aliphatic heterocycles. The normalized spacial score (nSPS) is 11.9. The van der Waals surface area contributed by atoms with Crippen molar-refractivity contribution in [1.29, 1.82) is 0 Å². The van der Waals surface area contributed by atoms with Gasteiger partial charge in [-0.25, -0.2) is 4.98 Å². The van der Waals surface area contributed by atoms with Crippen molar-refractivity contribution in [3.05, 3.63) is 18.3 Å².